The zero-order chi connectivity index (χ0) is 24.1. The van der Waals surface area contributed by atoms with Crippen LogP contribution in [0.2, 0.25) is 5.02 Å². The Balaban J connectivity index is 2.16. The van der Waals surface area contributed by atoms with Crippen molar-refractivity contribution in [2.24, 2.45) is 0 Å². The van der Waals surface area contributed by atoms with E-state index >= 15 is 0 Å². The third-order valence-corrected chi connectivity index (χ3v) is 5.33. The van der Waals surface area contributed by atoms with Crippen molar-refractivity contribution in [3.63, 3.8) is 0 Å². The van der Waals surface area contributed by atoms with Gasteiger partial charge in [0.1, 0.15) is 23.4 Å². The van der Waals surface area contributed by atoms with Gasteiger partial charge in [-0.15, -0.1) is 0 Å². The summed E-state index contributed by atoms with van der Waals surface area (Å²) in [5, 5.41) is 3.38. The second kappa shape index (κ2) is 10.4. The molecule has 0 radical (unpaired) electrons. The molecule has 1 heterocycles. The minimum Gasteiger partial charge on any atom is -0.493 e. The molecule has 9 heteroatoms. The van der Waals surface area contributed by atoms with Gasteiger partial charge in [0.05, 0.1) is 25.6 Å². The van der Waals surface area contributed by atoms with E-state index in [2.05, 4.69) is 5.32 Å². The highest BCUT2D eigenvalue weighted by atomic mass is 35.5. The third-order valence-electron chi connectivity index (χ3n) is 5.08. The molecule has 174 valence electrons. The van der Waals surface area contributed by atoms with Crippen LogP contribution in [0.4, 0.5) is 0 Å². The Morgan fingerprint density at radius 3 is 2.36 bits per heavy atom. The fraction of sp³-hybridized carbons (Fsp3) is 0.292. The highest BCUT2D eigenvalue weighted by molar-refractivity contribution is 6.30. The van der Waals surface area contributed by atoms with E-state index in [1.807, 2.05) is 29.6 Å². The number of nitrogens with zero attached hydrogens (tertiary/aromatic N) is 1. The number of nitrogens with one attached hydrogen (secondary N) is 1. The SMILES string of the molecule is COC1=C(OC)C(=C=O)C(OC)C(n2c(C)ccc2C(NC(C)=O)Oc2ccc(Cl)cc2)=C1. The minimum absolute atomic E-state index is 0.156. The Morgan fingerprint density at radius 1 is 1.12 bits per heavy atom. The molecule has 1 N–H and O–H groups in total. The largest absolute Gasteiger partial charge is 0.493 e. The first-order valence-corrected chi connectivity index (χ1v) is 10.4. The number of aryl methyl sites for hydroxylation is 1. The number of carbonyl (C=O) groups excluding carboxylic acids is 2. The number of aromatic nitrogens is 1. The molecule has 2 atom stereocenters. The molecule has 8 nitrogen and oxygen atoms in total. The summed E-state index contributed by atoms with van der Waals surface area (Å²) < 4.78 is 24.4. The van der Waals surface area contributed by atoms with Crippen LogP contribution < -0.4 is 10.1 Å². The maximum Gasteiger partial charge on any atom is 0.219 e. The van der Waals surface area contributed by atoms with Crippen LogP contribution in [0.25, 0.3) is 5.70 Å². The molecule has 0 saturated carbocycles. The monoisotopic (exact) mass is 472 g/mol. The second-order valence-electron chi connectivity index (χ2n) is 7.19. The van der Waals surface area contributed by atoms with Crippen molar-refractivity contribution in [2.75, 3.05) is 21.3 Å². The summed E-state index contributed by atoms with van der Waals surface area (Å²) >= 11 is 5.98. The van der Waals surface area contributed by atoms with Crippen LogP contribution in [0.1, 0.15) is 24.5 Å². The van der Waals surface area contributed by atoms with Gasteiger partial charge < -0.3 is 28.8 Å². The summed E-state index contributed by atoms with van der Waals surface area (Å²) in [6.07, 6.45) is 0.0743. The van der Waals surface area contributed by atoms with Crippen LogP contribution in [0, 0.1) is 6.92 Å². The smallest absolute Gasteiger partial charge is 0.219 e. The van der Waals surface area contributed by atoms with Crippen molar-refractivity contribution < 1.29 is 28.5 Å². The van der Waals surface area contributed by atoms with Gasteiger partial charge in [-0.25, -0.2) is 4.79 Å². The molecule has 1 aromatic carbocycles. The summed E-state index contributed by atoms with van der Waals surface area (Å²) in [6, 6.07) is 10.5. The molecular weight excluding hydrogens is 448 g/mol. The predicted octanol–water partition coefficient (Wildman–Crippen LogP) is 3.80. The molecule has 1 aliphatic rings. The van der Waals surface area contributed by atoms with Crippen molar-refractivity contribution in [3.8, 4) is 5.75 Å². The van der Waals surface area contributed by atoms with Gasteiger partial charge in [-0.1, -0.05) is 11.6 Å². The van der Waals surface area contributed by atoms with E-state index in [0.29, 0.717) is 27.9 Å². The lowest BCUT2D eigenvalue weighted by Gasteiger charge is -2.30. The molecule has 1 aliphatic carbocycles. The number of hydrogen-bond donors (Lipinski definition) is 1. The molecule has 0 bridgehead atoms. The maximum atomic E-state index is 12.0. The second-order valence-corrected chi connectivity index (χ2v) is 7.63. The first-order chi connectivity index (χ1) is 15.8. The molecular formula is C24H25ClN2O6. The summed E-state index contributed by atoms with van der Waals surface area (Å²) in [5.41, 5.74) is 2.15. The Bertz CT molecular complexity index is 1140. The molecule has 0 saturated heterocycles. The fourth-order valence-electron chi connectivity index (χ4n) is 3.67. The van der Waals surface area contributed by atoms with Crippen LogP contribution in [0.3, 0.4) is 0 Å². The first-order valence-electron chi connectivity index (χ1n) is 10.0. The van der Waals surface area contributed by atoms with Crippen LogP contribution in [-0.4, -0.2) is 43.8 Å². The van der Waals surface area contributed by atoms with Crippen molar-refractivity contribution in [1.29, 1.82) is 0 Å². The maximum absolute atomic E-state index is 12.0. The van der Waals surface area contributed by atoms with Crippen molar-refractivity contribution in [3.05, 3.63) is 76.0 Å². The predicted molar refractivity (Wildman–Crippen MR) is 123 cm³/mol. The number of methoxy groups -OCH3 is 3. The number of allylic oxidation sites excluding steroid dienone is 1. The van der Waals surface area contributed by atoms with Crippen molar-refractivity contribution in [2.45, 2.75) is 26.2 Å². The van der Waals surface area contributed by atoms with Gasteiger partial charge in [0.15, 0.2) is 11.5 Å². The number of ether oxygens (including phenoxy) is 4. The molecule has 1 aromatic heterocycles. The quantitative estimate of drug-likeness (QED) is 0.464. The Morgan fingerprint density at radius 2 is 1.82 bits per heavy atom. The van der Waals surface area contributed by atoms with Crippen LogP contribution >= 0.6 is 11.6 Å². The topological polar surface area (TPSA) is 88.0 Å². The normalized spacial score (nSPS) is 16.6. The highest BCUT2D eigenvalue weighted by Gasteiger charge is 2.35. The third kappa shape index (κ3) is 4.98. The number of rotatable bonds is 8. The fourth-order valence-corrected chi connectivity index (χ4v) is 3.80. The summed E-state index contributed by atoms with van der Waals surface area (Å²) in [4.78, 5) is 23.9. The first kappa shape index (κ1) is 24.2. The lowest BCUT2D eigenvalue weighted by molar-refractivity contribution is -0.121. The van der Waals surface area contributed by atoms with Gasteiger partial charge in [-0.2, -0.15) is 0 Å². The Labute approximate surface area is 197 Å². The zero-order valence-corrected chi connectivity index (χ0v) is 19.7. The zero-order valence-electron chi connectivity index (χ0n) is 19.0. The van der Waals surface area contributed by atoms with Crippen molar-refractivity contribution >= 4 is 29.1 Å². The van der Waals surface area contributed by atoms with Crippen LogP contribution in [-0.2, 0) is 23.8 Å². The lowest BCUT2D eigenvalue weighted by atomic mass is 9.98. The summed E-state index contributed by atoms with van der Waals surface area (Å²) in [7, 11) is 4.40. The average Bonchev–Trinajstić information content (AvgIpc) is 3.19. The molecule has 0 spiro atoms. The van der Waals surface area contributed by atoms with E-state index in [4.69, 9.17) is 30.5 Å². The lowest BCUT2D eigenvalue weighted by Crippen LogP contribution is -2.34. The molecule has 2 unspecified atom stereocenters. The minimum atomic E-state index is -0.849. The van der Waals surface area contributed by atoms with E-state index in [1.54, 1.807) is 30.3 Å². The van der Waals surface area contributed by atoms with Gasteiger partial charge in [0.2, 0.25) is 12.1 Å². The van der Waals surface area contributed by atoms with Gasteiger partial charge in [0.25, 0.3) is 0 Å². The van der Waals surface area contributed by atoms with Gasteiger partial charge >= 0.3 is 0 Å². The summed E-state index contributed by atoms with van der Waals surface area (Å²) in [5.74, 6) is 2.73. The highest BCUT2D eigenvalue weighted by Crippen LogP contribution is 2.36. The molecule has 33 heavy (non-hydrogen) atoms. The summed E-state index contributed by atoms with van der Waals surface area (Å²) in [6.45, 7) is 3.29. The van der Waals surface area contributed by atoms with E-state index in [-0.39, 0.29) is 17.2 Å². The standard InChI is InChI=1S/C24H25ClN2O6/c1-14-6-11-19(24(26-15(2)29)33-17-9-7-16(25)8-10-17)27(14)20-12-21(30-3)23(32-5)18(13-28)22(20)31-4/h6-12,22,24H,1-5H3,(H,26,29). The van der Waals surface area contributed by atoms with E-state index < -0.39 is 12.3 Å². The van der Waals surface area contributed by atoms with Crippen molar-refractivity contribution in [1.82, 2.24) is 9.88 Å². The van der Waals surface area contributed by atoms with E-state index in [1.165, 1.54) is 28.3 Å². The Kier molecular flexibility index (Phi) is 7.66. The van der Waals surface area contributed by atoms with Crippen LogP contribution in [0.5, 0.6) is 5.75 Å². The van der Waals surface area contributed by atoms with E-state index in [9.17, 15) is 9.59 Å². The van der Waals surface area contributed by atoms with E-state index in [0.717, 1.165) is 5.69 Å². The van der Waals surface area contributed by atoms with Gasteiger partial charge in [0, 0.05) is 30.8 Å². The molecule has 1 amide bonds. The average molecular weight is 473 g/mol. The number of hydrogen-bond acceptors (Lipinski definition) is 6. The van der Waals surface area contributed by atoms with Gasteiger partial charge in [-0.05, 0) is 43.3 Å². The molecule has 0 aliphatic heterocycles. The van der Waals surface area contributed by atoms with Crippen LogP contribution in [0.15, 0.2) is 59.6 Å². The Hall–Kier alpha value is -3.45. The number of carbonyl (C=O) groups is 1. The molecule has 2 aromatic rings. The number of amides is 1. The number of benzene rings is 1. The molecule has 3 rings (SSSR count). The van der Waals surface area contributed by atoms with Gasteiger partial charge in [-0.3, -0.25) is 4.79 Å². The number of halogens is 1. The molecule has 0 fully saturated rings.